The Bertz CT molecular complexity index is 806. The van der Waals surface area contributed by atoms with Crippen LogP contribution in [0.25, 0.3) is 0 Å². The van der Waals surface area contributed by atoms with E-state index in [4.69, 9.17) is 11.6 Å². The molecule has 124 valence electrons. The fourth-order valence-electron chi connectivity index (χ4n) is 3.94. The number of hydrogen-bond donors (Lipinski definition) is 0. The van der Waals surface area contributed by atoms with E-state index in [2.05, 4.69) is 25.1 Å². The van der Waals surface area contributed by atoms with Crippen LogP contribution in [0.2, 0.25) is 5.02 Å². The summed E-state index contributed by atoms with van der Waals surface area (Å²) in [6.45, 7) is 2.13. The SMILES string of the molecule is Cc1ccc2c(c1)C1(CCCC2)SCC(=O)N1c1ccccc1Cl. The van der Waals surface area contributed by atoms with Gasteiger partial charge in [0.25, 0.3) is 0 Å². The molecule has 0 radical (unpaired) electrons. The Morgan fingerprint density at radius 1 is 1.17 bits per heavy atom. The Labute approximate surface area is 152 Å². The van der Waals surface area contributed by atoms with E-state index >= 15 is 0 Å². The highest BCUT2D eigenvalue weighted by atomic mass is 35.5. The van der Waals surface area contributed by atoms with Gasteiger partial charge in [0.1, 0.15) is 4.87 Å². The lowest BCUT2D eigenvalue weighted by atomic mass is 9.94. The van der Waals surface area contributed by atoms with E-state index in [-0.39, 0.29) is 10.8 Å². The summed E-state index contributed by atoms with van der Waals surface area (Å²) in [6.07, 6.45) is 4.35. The van der Waals surface area contributed by atoms with E-state index < -0.39 is 0 Å². The van der Waals surface area contributed by atoms with Gasteiger partial charge in [-0.25, -0.2) is 0 Å². The second-order valence-electron chi connectivity index (χ2n) is 6.62. The summed E-state index contributed by atoms with van der Waals surface area (Å²) in [6, 6.07) is 14.4. The third-order valence-electron chi connectivity index (χ3n) is 5.04. The number of nitrogens with zero attached hydrogens (tertiary/aromatic N) is 1. The molecule has 1 saturated heterocycles. The van der Waals surface area contributed by atoms with Crippen LogP contribution in [0.1, 0.15) is 36.0 Å². The first-order chi connectivity index (χ1) is 11.6. The second kappa shape index (κ2) is 6.12. The Kier molecular flexibility index (Phi) is 4.09. The number of carbonyl (C=O) groups excluding carboxylic acids is 1. The zero-order valence-electron chi connectivity index (χ0n) is 13.7. The minimum absolute atomic E-state index is 0.155. The highest BCUT2D eigenvalue weighted by molar-refractivity contribution is 8.01. The number of carbonyl (C=O) groups is 1. The average Bonchev–Trinajstić information content (AvgIpc) is 2.79. The lowest BCUT2D eigenvalue weighted by Gasteiger charge is -2.39. The van der Waals surface area contributed by atoms with Crippen molar-refractivity contribution < 1.29 is 4.79 Å². The highest BCUT2D eigenvalue weighted by Gasteiger charge is 2.50. The van der Waals surface area contributed by atoms with Crippen molar-refractivity contribution >= 4 is 35.0 Å². The van der Waals surface area contributed by atoms with E-state index in [9.17, 15) is 4.79 Å². The van der Waals surface area contributed by atoms with Gasteiger partial charge >= 0.3 is 0 Å². The smallest absolute Gasteiger partial charge is 0.238 e. The van der Waals surface area contributed by atoms with Crippen LogP contribution in [0.5, 0.6) is 0 Å². The van der Waals surface area contributed by atoms with Gasteiger partial charge in [-0.05, 0) is 55.9 Å². The van der Waals surface area contributed by atoms with Crippen molar-refractivity contribution in [1.29, 1.82) is 0 Å². The van der Waals surface area contributed by atoms with Crippen LogP contribution in [-0.2, 0) is 16.1 Å². The Balaban J connectivity index is 1.94. The van der Waals surface area contributed by atoms with Crippen molar-refractivity contribution in [3.8, 4) is 0 Å². The van der Waals surface area contributed by atoms with Gasteiger partial charge in [0, 0.05) is 0 Å². The average molecular weight is 358 g/mol. The number of amides is 1. The van der Waals surface area contributed by atoms with E-state index in [0.717, 1.165) is 24.9 Å². The standard InChI is InChI=1S/C20H20ClNOS/c1-14-9-10-15-6-4-5-11-20(16(15)12-14)22(19(23)13-24-20)18-8-3-2-7-17(18)21/h2-3,7-10,12H,4-6,11,13H2,1H3. The predicted octanol–water partition coefficient (Wildman–Crippen LogP) is 5.31. The molecule has 1 fully saturated rings. The molecule has 1 spiro atoms. The lowest BCUT2D eigenvalue weighted by Crippen LogP contribution is -2.42. The van der Waals surface area contributed by atoms with Gasteiger partial charge in [0.2, 0.25) is 5.91 Å². The second-order valence-corrected chi connectivity index (χ2v) is 8.28. The van der Waals surface area contributed by atoms with E-state index in [0.29, 0.717) is 10.8 Å². The molecule has 1 atom stereocenters. The van der Waals surface area contributed by atoms with Crippen LogP contribution in [0.15, 0.2) is 42.5 Å². The summed E-state index contributed by atoms with van der Waals surface area (Å²) in [5.74, 6) is 0.668. The van der Waals surface area contributed by atoms with Crippen LogP contribution >= 0.6 is 23.4 Å². The van der Waals surface area contributed by atoms with Crippen molar-refractivity contribution in [3.05, 3.63) is 64.2 Å². The van der Waals surface area contributed by atoms with E-state index in [1.165, 1.54) is 23.1 Å². The van der Waals surface area contributed by atoms with Crippen molar-refractivity contribution in [2.24, 2.45) is 0 Å². The first kappa shape index (κ1) is 16.0. The molecular weight excluding hydrogens is 338 g/mol. The maximum Gasteiger partial charge on any atom is 0.238 e. The zero-order chi connectivity index (χ0) is 16.7. The molecule has 1 aliphatic heterocycles. The molecule has 2 aromatic rings. The minimum Gasteiger partial charge on any atom is -0.291 e. The molecular formula is C20H20ClNOS. The first-order valence-corrected chi connectivity index (χ1v) is 9.80. The van der Waals surface area contributed by atoms with Crippen molar-refractivity contribution in [2.75, 3.05) is 10.7 Å². The summed E-state index contributed by atoms with van der Waals surface area (Å²) in [7, 11) is 0. The van der Waals surface area contributed by atoms with Gasteiger partial charge in [-0.15, -0.1) is 11.8 Å². The fraction of sp³-hybridized carbons (Fsp3) is 0.350. The van der Waals surface area contributed by atoms with Gasteiger partial charge in [-0.3, -0.25) is 9.69 Å². The van der Waals surface area contributed by atoms with Gasteiger partial charge in [-0.1, -0.05) is 47.5 Å². The van der Waals surface area contributed by atoms with Gasteiger partial charge < -0.3 is 0 Å². The number of hydrogen-bond acceptors (Lipinski definition) is 2. The third kappa shape index (κ3) is 2.46. The summed E-state index contributed by atoms with van der Waals surface area (Å²) >= 11 is 8.24. The molecule has 4 heteroatoms. The quantitative estimate of drug-likeness (QED) is 0.689. The Morgan fingerprint density at radius 2 is 2.00 bits per heavy atom. The zero-order valence-corrected chi connectivity index (χ0v) is 15.3. The lowest BCUT2D eigenvalue weighted by molar-refractivity contribution is -0.116. The number of halogens is 1. The minimum atomic E-state index is -0.320. The largest absolute Gasteiger partial charge is 0.291 e. The predicted molar refractivity (Wildman–Crippen MR) is 102 cm³/mol. The molecule has 1 unspecified atom stereocenters. The fourth-order valence-corrected chi connectivity index (χ4v) is 5.62. The molecule has 0 saturated carbocycles. The monoisotopic (exact) mass is 357 g/mol. The molecule has 0 aromatic heterocycles. The number of anilines is 1. The summed E-state index contributed by atoms with van der Waals surface area (Å²) < 4.78 is 0. The molecule has 1 amide bonds. The number of thioether (sulfide) groups is 1. The van der Waals surface area contributed by atoms with Crippen LogP contribution in [0.3, 0.4) is 0 Å². The van der Waals surface area contributed by atoms with Crippen LogP contribution in [0, 0.1) is 6.92 Å². The van der Waals surface area contributed by atoms with Gasteiger partial charge in [0.05, 0.1) is 16.5 Å². The number of benzene rings is 2. The molecule has 2 aromatic carbocycles. The molecule has 0 N–H and O–H groups in total. The molecule has 2 aliphatic rings. The summed E-state index contributed by atoms with van der Waals surface area (Å²) in [4.78, 5) is 14.5. The number of fused-ring (bicyclic) bond motifs is 2. The maximum atomic E-state index is 12.9. The normalized spacial score (nSPS) is 23.4. The van der Waals surface area contributed by atoms with E-state index in [1.54, 1.807) is 11.8 Å². The number of para-hydroxylation sites is 1. The number of rotatable bonds is 1. The molecule has 0 bridgehead atoms. The van der Waals surface area contributed by atoms with Crippen LogP contribution in [-0.4, -0.2) is 11.7 Å². The Hall–Kier alpha value is -1.45. The van der Waals surface area contributed by atoms with Crippen molar-refractivity contribution in [1.82, 2.24) is 0 Å². The maximum absolute atomic E-state index is 12.9. The van der Waals surface area contributed by atoms with Crippen molar-refractivity contribution in [3.63, 3.8) is 0 Å². The molecule has 1 heterocycles. The van der Waals surface area contributed by atoms with Gasteiger partial charge in [0.15, 0.2) is 0 Å². The topological polar surface area (TPSA) is 20.3 Å². The molecule has 2 nitrogen and oxygen atoms in total. The van der Waals surface area contributed by atoms with Crippen molar-refractivity contribution in [2.45, 2.75) is 37.5 Å². The van der Waals surface area contributed by atoms with Crippen LogP contribution < -0.4 is 4.90 Å². The van der Waals surface area contributed by atoms with E-state index in [1.807, 2.05) is 29.2 Å². The van der Waals surface area contributed by atoms with Gasteiger partial charge in [-0.2, -0.15) is 0 Å². The first-order valence-electron chi connectivity index (χ1n) is 8.43. The third-order valence-corrected chi connectivity index (χ3v) is 6.83. The molecule has 24 heavy (non-hydrogen) atoms. The highest BCUT2D eigenvalue weighted by Crippen LogP contribution is 2.54. The summed E-state index contributed by atoms with van der Waals surface area (Å²) in [5.41, 5.74) is 4.76. The molecule has 4 rings (SSSR count). The summed E-state index contributed by atoms with van der Waals surface area (Å²) in [5, 5.41) is 0.645. The Morgan fingerprint density at radius 3 is 2.83 bits per heavy atom. The molecule has 1 aliphatic carbocycles. The van der Waals surface area contributed by atoms with Crippen LogP contribution in [0.4, 0.5) is 5.69 Å². The number of aryl methyl sites for hydroxylation is 2.